The van der Waals surface area contributed by atoms with Crippen LogP contribution in [0, 0.1) is 0 Å². The molecule has 2 amide bonds. The second kappa shape index (κ2) is 7.86. The standard InChI is InChI=1S/C21H23N3O6S/c1-29-13-5-6-14(18(11-13)30-2)12-4-7-16-15(10-12)21(26)24-9-8-17(23-31(3,27)28)19(24)20(25)22-16/h4-7,10-11,17,19,23H,8-9H2,1-3H3,(H,22,25). The molecule has 164 valence electrons. The van der Waals surface area contributed by atoms with Crippen molar-refractivity contribution in [3.8, 4) is 22.6 Å². The number of anilines is 1. The monoisotopic (exact) mass is 445 g/mol. The van der Waals surface area contributed by atoms with E-state index in [1.807, 2.05) is 6.07 Å². The number of fused-ring (bicyclic) bond motifs is 2. The molecule has 0 bridgehead atoms. The summed E-state index contributed by atoms with van der Waals surface area (Å²) in [5, 5.41) is 2.78. The Morgan fingerprint density at radius 2 is 1.84 bits per heavy atom. The normalized spacial score (nSPS) is 20.5. The smallest absolute Gasteiger partial charge is 0.256 e. The first kappa shape index (κ1) is 21.1. The van der Waals surface area contributed by atoms with Crippen molar-refractivity contribution in [3.05, 3.63) is 42.0 Å². The number of hydrogen-bond donors (Lipinski definition) is 2. The molecule has 0 spiro atoms. The lowest BCUT2D eigenvalue weighted by atomic mass is 10.00. The van der Waals surface area contributed by atoms with E-state index in [1.165, 1.54) is 4.90 Å². The predicted molar refractivity (Wildman–Crippen MR) is 115 cm³/mol. The van der Waals surface area contributed by atoms with Crippen LogP contribution in [0.5, 0.6) is 11.5 Å². The van der Waals surface area contributed by atoms with E-state index in [-0.39, 0.29) is 12.5 Å². The number of carbonyl (C=O) groups excluding carboxylic acids is 2. The molecular weight excluding hydrogens is 422 g/mol. The van der Waals surface area contributed by atoms with E-state index >= 15 is 0 Å². The Bertz CT molecular complexity index is 1160. The number of sulfonamides is 1. The molecule has 4 rings (SSSR count). The molecule has 2 atom stereocenters. The first-order valence-corrected chi connectivity index (χ1v) is 11.6. The summed E-state index contributed by atoms with van der Waals surface area (Å²) in [7, 11) is -0.408. The Morgan fingerprint density at radius 1 is 1.06 bits per heavy atom. The van der Waals surface area contributed by atoms with E-state index in [9.17, 15) is 18.0 Å². The fraction of sp³-hybridized carbons (Fsp3) is 0.333. The summed E-state index contributed by atoms with van der Waals surface area (Å²) in [6, 6.07) is 8.98. The van der Waals surface area contributed by atoms with Crippen molar-refractivity contribution >= 4 is 27.5 Å². The lowest BCUT2D eigenvalue weighted by Crippen LogP contribution is -2.51. The fourth-order valence-corrected chi connectivity index (χ4v) is 4.94. The van der Waals surface area contributed by atoms with Gasteiger partial charge in [0.25, 0.3) is 5.91 Å². The molecule has 9 nitrogen and oxygen atoms in total. The minimum atomic E-state index is -3.53. The van der Waals surface area contributed by atoms with Gasteiger partial charge in [-0.25, -0.2) is 13.1 Å². The zero-order chi connectivity index (χ0) is 22.3. The Labute approximate surface area is 180 Å². The lowest BCUT2D eigenvalue weighted by Gasteiger charge is -2.24. The molecule has 31 heavy (non-hydrogen) atoms. The Hall–Kier alpha value is -3.11. The third-order valence-corrected chi connectivity index (χ3v) is 6.25. The largest absolute Gasteiger partial charge is 0.497 e. The average Bonchev–Trinajstić information content (AvgIpc) is 3.10. The van der Waals surface area contributed by atoms with Gasteiger partial charge in [-0.2, -0.15) is 0 Å². The molecule has 2 aromatic rings. The van der Waals surface area contributed by atoms with Crippen molar-refractivity contribution in [2.75, 3.05) is 32.3 Å². The molecule has 0 aliphatic carbocycles. The number of ether oxygens (including phenoxy) is 2. The molecule has 2 N–H and O–H groups in total. The number of amides is 2. The van der Waals surface area contributed by atoms with Gasteiger partial charge in [0.05, 0.1) is 37.8 Å². The molecular formula is C21H23N3O6S. The molecule has 2 heterocycles. The van der Waals surface area contributed by atoms with Gasteiger partial charge in [-0.1, -0.05) is 6.07 Å². The lowest BCUT2D eigenvalue weighted by molar-refractivity contribution is -0.120. The van der Waals surface area contributed by atoms with Crippen LogP contribution < -0.4 is 19.5 Å². The average molecular weight is 445 g/mol. The van der Waals surface area contributed by atoms with Gasteiger partial charge in [0.2, 0.25) is 15.9 Å². The molecule has 0 aromatic heterocycles. The SMILES string of the molecule is COc1ccc(-c2ccc3c(c2)C(=O)N2CCC(NS(C)(=O)=O)C2C(=O)N3)c(OC)c1. The van der Waals surface area contributed by atoms with E-state index in [2.05, 4.69) is 10.0 Å². The first-order chi connectivity index (χ1) is 14.7. The van der Waals surface area contributed by atoms with E-state index in [0.717, 1.165) is 17.4 Å². The zero-order valence-electron chi connectivity index (χ0n) is 17.3. The quantitative estimate of drug-likeness (QED) is 0.720. The maximum atomic E-state index is 13.3. The molecule has 2 aromatic carbocycles. The number of benzene rings is 2. The molecule has 0 radical (unpaired) electrons. The molecule has 2 unspecified atom stereocenters. The van der Waals surface area contributed by atoms with E-state index < -0.39 is 28.0 Å². The van der Waals surface area contributed by atoms with Crippen molar-refractivity contribution in [1.29, 1.82) is 0 Å². The number of methoxy groups -OCH3 is 2. The van der Waals surface area contributed by atoms with Crippen LogP contribution in [0.1, 0.15) is 16.8 Å². The Morgan fingerprint density at radius 3 is 2.52 bits per heavy atom. The summed E-state index contributed by atoms with van der Waals surface area (Å²) in [5.41, 5.74) is 2.23. The van der Waals surface area contributed by atoms with E-state index in [4.69, 9.17) is 9.47 Å². The molecule has 1 saturated heterocycles. The summed E-state index contributed by atoms with van der Waals surface area (Å²) in [4.78, 5) is 27.6. The zero-order valence-corrected chi connectivity index (χ0v) is 18.2. The molecule has 0 saturated carbocycles. The van der Waals surface area contributed by atoms with E-state index in [0.29, 0.717) is 29.2 Å². The topological polar surface area (TPSA) is 114 Å². The number of nitrogens with zero attached hydrogens (tertiary/aromatic N) is 1. The van der Waals surface area contributed by atoms with Crippen LogP contribution in [0.15, 0.2) is 36.4 Å². The molecule has 2 aliphatic heterocycles. The van der Waals surface area contributed by atoms with Gasteiger partial charge in [-0.3, -0.25) is 9.59 Å². The van der Waals surface area contributed by atoms with Gasteiger partial charge < -0.3 is 19.7 Å². The van der Waals surface area contributed by atoms with Crippen molar-refractivity contribution in [2.24, 2.45) is 0 Å². The molecule has 10 heteroatoms. The van der Waals surface area contributed by atoms with Gasteiger partial charge in [-0.05, 0) is 36.2 Å². The third kappa shape index (κ3) is 3.96. The highest BCUT2D eigenvalue weighted by Gasteiger charge is 2.45. The van der Waals surface area contributed by atoms with Crippen LogP contribution in [-0.4, -0.2) is 64.2 Å². The minimum absolute atomic E-state index is 0.277. The van der Waals surface area contributed by atoms with Crippen LogP contribution in [0.2, 0.25) is 0 Å². The van der Waals surface area contributed by atoms with Crippen LogP contribution in [0.4, 0.5) is 5.69 Å². The Kier molecular flexibility index (Phi) is 5.36. The van der Waals surface area contributed by atoms with Crippen molar-refractivity contribution in [2.45, 2.75) is 18.5 Å². The van der Waals surface area contributed by atoms with Gasteiger partial charge in [-0.15, -0.1) is 0 Å². The highest BCUT2D eigenvalue weighted by molar-refractivity contribution is 7.88. The summed E-state index contributed by atoms with van der Waals surface area (Å²) in [6.07, 6.45) is 1.40. The fourth-order valence-electron chi connectivity index (χ4n) is 4.14. The van der Waals surface area contributed by atoms with Crippen LogP contribution in [-0.2, 0) is 14.8 Å². The van der Waals surface area contributed by atoms with E-state index in [1.54, 1.807) is 44.6 Å². The maximum absolute atomic E-state index is 13.3. The first-order valence-electron chi connectivity index (χ1n) is 9.67. The summed E-state index contributed by atoms with van der Waals surface area (Å²) >= 11 is 0. The number of rotatable bonds is 5. The van der Waals surface area contributed by atoms with Gasteiger partial charge in [0.15, 0.2) is 0 Å². The van der Waals surface area contributed by atoms with Gasteiger partial charge in [0, 0.05) is 18.2 Å². The second-order valence-corrected chi connectivity index (χ2v) is 9.32. The number of nitrogens with one attached hydrogen (secondary N) is 2. The highest BCUT2D eigenvalue weighted by Crippen LogP contribution is 2.37. The summed E-state index contributed by atoms with van der Waals surface area (Å²) in [5.74, 6) is 0.481. The van der Waals surface area contributed by atoms with Crippen molar-refractivity contribution < 1.29 is 27.5 Å². The summed E-state index contributed by atoms with van der Waals surface area (Å²) in [6.45, 7) is 0.277. The molecule has 2 aliphatic rings. The maximum Gasteiger partial charge on any atom is 0.256 e. The van der Waals surface area contributed by atoms with Crippen molar-refractivity contribution in [3.63, 3.8) is 0 Å². The predicted octanol–water partition coefficient (Wildman–Crippen LogP) is 1.46. The van der Waals surface area contributed by atoms with Gasteiger partial charge >= 0.3 is 0 Å². The number of carbonyl (C=O) groups is 2. The second-order valence-electron chi connectivity index (χ2n) is 7.54. The summed E-state index contributed by atoms with van der Waals surface area (Å²) < 4.78 is 36.6. The number of hydrogen-bond acceptors (Lipinski definition) is 6. The van der Waals surface area contributed by atoms with Crippen LogP contribution >= 0.6 is 0 Å². The van der Waals surface area contributed by atoms with Crippen LogP contribution in [0.25, 0.3) is 11.1 Å². The van der Waals surface area contributed by atoms with Crippen LogP contribution in [0.3, 0.4) is 0 Å². The van der Waals surface area contributed by atoms with Gasteiger partial charge in [0.1, 0.15) is 17.5 Å². The third-order valence-electron chi connectivity index (χ3n) is 5.52. The van der Waals surface area contributed by atoms with Crippen molar-refractivity contribution in [1.82, 2.24) is 9.62 Å². The highest BCUT2D eigenvalue weighted by atomic mass is 32.2. The minimum Gasteiger partial charge on any atom is -0.497 e. The Balaban J connectivity index is 1.73. The molecule has 1 fully saturated rings.